The molecular weight excluding hydrogens is 426 g/mol. The smallest absolute Gasteiger partial charge is 0.311 e. The van der Waals surface area contributed by atoms with Crippen molar-refractivity contribution in [3.63, 3.8) is 0 Å². The molecule has 0 amide bonds. The van der Waals surface area contributed by atoms with E-state index in [1.165, 1.54) is 13.3 Å². The standard InChI is InChI=1S/C22H21ClF2N4O2/c1-31-22(30)17-10-2-4-11(5-3-10)18(17)28-21-16(25)7-15(24)19(29-21)14-9-27-20-13(14)6-12(23)8-26-20/h6-11,17-18H,2-5H2,1H3,(H,26,27)(H,28,29)/t10?,11?,17-,18-/m1/s1. The van der Waals surface area contributed by atoms with Crippen LogP contribution in [0, 0.1) is 29.4 Å². The van der Waals surface area contributed by atoms with Crippen molar-refractivity contribution in [2.45, 2.75) is 31.7 Å². The van der Waals surface area contributed by atoms with E-state index in [0.29, 0.717) is 21.6 Å². The van der Waals surface area contributed by atoms with E-state index in [1.807, 2.05) is 0 Å². The first-order valence-electron chi connectivity index (χ1n) is 10.3. The summed E-state index contributed by atoms with van der Waals surface area (Å²) in [4.78, 5) is 23.9. The molecule has 3 aliphatic carbocycles. The molecule has 0 aliphatic heterocycles. The second-order valence-corrected chi connectivity index (χ2v) is 8.73. The molecule has 31 heavy (non-hydrogen) atoms. The van der Waals surface area contributed by atoms with Crippen LogP contribution >= 0.6 is 11.6 Å². The number of esters is 1. The molecule has 0 unspecified atom stereocenters. The largest absolute Gasteiger partial charge is 0.469 e. The molecule has 2 bridgehead atoms. The molecule has 3 aliphatic rings. The van der Waals surface area contributed by atoms with E-state index in [1.54, 1.807) is 12.3 Å². The SMILES string of the molecule is COC(=O)[C@@H]1C2CCC(CC2)[C@H]1Nc1nc(-c2c[nH]c3ncc(Cl)cc23)c(F)cc1F. The summed E-state index contributed by atoms with van der Waals surface area (Å²) >= 11 is 6.05. The number of pyridine rings is 2. The molecular formula is C22H21ClF2N4O2. The predicted octanol–water partition coefficient (Wildman–Crippen LogP) is 4.95. The number of carbonyl (C=O) groups is 1. The highest BCUT2D eigenvalue weighted by atomic mass is 35.5. The molecule has 3 aromatic rings. The molecule has 6 rings (SSSR count). The molecule has 0 radical (unpaired) electrons. The molecule has 9 heteroatoms. The monoisotopic (exact) mass is 446 g/mol. The highest BCUT2D eigenvalue weighted by Crippen LogP contribution is 2.47. The molecule has 0 saturated heterocycles. The number of methoxy groups -OCH3 is 1. The Hall–Kier alpha value is -2.74. The normalized spacial score (nSPS) is 25.0. The number of halogens is 3. The van der Waals surface area contributed by atoms with Crippen LogP contribution in [-0.4, -0.2) is 34.1 Å². The van der Waals surface area contributed by atoms with Crippen LogP contribution < -0.4 is 5.32 Å². The van der Waals surface area contributed by atoms with Crippen molar-refractivity contribution in [3.8, 4) is 11.3 Å². The maximum absolute atomic E-state index is 14.7. The maximum atomic E-state index is 14.7. The Morgan fingerprint density at radius 1 is 1.19 bits per heavy atom. The Kier molecular flexibility index (Phi) is 5.04. The van der Waals surface area contributed by atoms with Gasteiger partial charge in [-0.3, -0.25) is 4.79 Å². The average molecular weight is 447 g/mol. The van der Waals surface area contributed by atoms with Crippen LogP contribution in [0.5, 0.6) is 0 Å². The number of carbonyl (C=O) groups excluding carboxylic acids is 1. The molecule has 162 valence electrons. The summed E-state index contributed by atoms with van der Waals surface area (Å²) in [5.41, 5.74) is 0.935. The summed E-state index contributed by atoms with van der Waals surface area (Å²) in [6.45, 7) is 0. The molecule has 6 nitrogen and oxygen atoms in total. The number of aromatic amines is 1. The minimum atomic E-state index is -0.803. The number of H-pyrrole nitrogens is 1. The molecule has 0 spiro atoms. The lowest BCUT2D eigenvalue weighted by atomic mass is 9.61. The van der Waals surface area contributed by atoms with E-state index in [-0.39, 0.29) is 41.3 Å². The zero-order chi connectivity index (χ0) is 21.7. The molecule has 0 aromatic carbocycles. The second-order valence-electron chi connectivity index (χ2n) is 8.30. The quantitative estimate of drug-likeness (QED) is 0.554. The average Bonchev–Trinajstić information content (AvgIpc) is 3.18. The number of hydrogen-bond acceptors (Lipinski definition) is 5. The van der Waals surface area contributed by atoms with Crippen LogP contribution in [0.15, 0.2) is 24.5 Å². The first kappa shape index (κ1) is 20.2. The Balaban J connectivity index is 1.54. The lowest BCUT2D eigenvalue weighted by Crippen LogP contribution is -2.52. The summed E-state index contributed by atoms with van der Waals surface area (Å²) in [5, 5.41) is 4.11. The Morgan fingerprint density at radius 3 is 2.68 bits per heavy atom. The fourth-order valence-electron chi connectivity index (χ4n) is 5.22. The van der Waals surface area contributed by atoms with Crippen molar-refractivity contribution in [2.24, 2.45) is 17.8 Å². The van der Waals surface area contributed by atoms with Crippen LogP contribution in [-0.2, 0) is 9.53 Å². The minimum Gasteiger partial charge on any atom is -0.469 e. The molecule has 3 fully saturated rings. The van der Waals surface area contributed by atoms with E-state index in [4.69, 9.17) is 16.3 Å². The number of fused-ring (bicyclic) bond motifs is 4. The van der Waals surface area contributed by atoms with Crippen LogP contribution in [0.2, 0.25) is 5.02 Å². The fraction of sp³-hybridized carbons (Fsp3) is 0.409. The molecule has 2 N–H and O–H groups in total. The molecule has 3 heterocycles. The first-order valence-corrected chi connectivity index (χ1v) is 10.7. The van der Waals surface area contributed by atoms with Gasteiger partial charge in [0.1, 0.15) is 11.3 Å². The summed E-state index contributed by atoms with van der Waals surface area (Å²) < 4.78 is 34.5. The second kappa shape index (κ2) is 7.75. The van der Waals surface area contributed by atoms with Gasteiger partial charge in [0.05, 0.1) is 18.1 Å². The minimum absolute atomic E-state index is 0.0187. The number of hydrogen-bond donors (Lipinski definition) is 2. The lowest BCUT2D eigenvalue weighted by molar-refractivity contribution is -0.152. The van der Waals surface area contributed by atoms with Gasteiger partial charge in [-0.05, 0) is 43.6 Å². The van der Waals surface area contributed by atoms with Gasteiger partial charge >= 0.3 is 5.97 Å². The van der Waals surface area contributed by atoms with E-state index in [2.05, 4.69) is 20.3 Å². The zero-order valence-electron chi connectivity index (χ0n) is 16.8. The highest BCUT2D eigenvalue weighted by molar-refractivity contribution is 6.31. The van der Waals surface area contributed by atoms with E-state index < -0.39 is 11.6 Å². The molecule has 3 aromatic heterocycles. The lowest BCUT2D eigenvalue weighted by Gasteiger charge is -2.47. The fourth-order valence-corrected chi connectivity index (χ4v) is 5.38. The van der Waals surface area contributed by atoms with Crippen molar-refractivity contribution in [3.05, 3.63) is 41.2 Å². The number of ether oxygens (including phenoxy) is 1. The zero-order valence-corrected chi connectivity index (χ0v) is 17.5. The maximum Gasteiger partial charge on any atom is 0.311 e. The molecule has 3 saturated carbocycles. The summed E-state index contributed by atoms with van der Waals surface area (Å²) in [6.07, 6.45) is 6.88. The number of nitrogens with one attached hydrogen (secondary N) is 2. The van der Waals surface area contributed by atoms with Gasteiger partial charge in [-0.1, -0.05) is 11.6 Å². The third-order valence-corrected chi connectivity index (χ3v) is 6.88. The summed E-state index contributed by atoms with van der Waals surface area (Å²) in [7, 11) is 1.37. The van der Waals surface area contributed by atoms with Crippen molar-refractivity contribution in [1.82, 2.24) is 15.0 Å². The first-order chi connectivity index (χ1) is 15.0. The number of rotatable bonds is 4. The van der Waals surface area contributed by atoms with Crippen molar-refractivity contribution in [1.29, 1.82) is 0 Å². The van der Waals surface area contributed by atoms with Crippen molar-refractivity contribution >= 4 is 34.4 Å². The topological polar surface area (TPSA) is 79.9 Å². The third-order valence-electron chi connectivity index (χ3n) is 6.68. The predicted molar refractivity (Wildman–Crippen MR) is 113 cm³/mol. The van der Waals surface area contributed by atoms with Gasteiger partial charge in [0.2, 0.25) is 0 Å². The van der Waals surface area contributed by atoms with E-state index >= 15 is 0 Å². The highest BCUT2D eigenvalue weighted by Gasteiger charge is 2.48. The number of nitrogens with zero attached hydrogens (tertiary/aromatic N) is 2. The van der Waals surface area contributed by atoms with Gasteiger partial charge < -0.3 is 15.0 Å². The van der Waals surface area contributed by atoms with Gasteiger partial charge in [-0.15, -0.1) is 0 Å². The van der Waals surface area contributed by atoms with E-state index in [0.717, 1.165) is 31.7 Å². The summed E-state index contributed by atoms with van der Waals surface area (Å²) in [6, 6.07) is 2.16. The van der Waals surface area contributed by atoms with Gasteiger partial charge in [0.25, 0.3) is 0 Å². The third kappa shape index (κ3) is 3.43. The molecule has 2 atom stereocenters. The number of anilines is 1. The van der Waals surface area contributed by atoms with Crippen LogP contribution in [0.25, 0.3) is 22.3 Å². The number of aromatic nitrogens is 3. The van der Waals surface area contributed by atoms with Crippen molar-refractivity contribution in [2.75, 3.05) is 12.4 Å². The van der Waals surface area contributed by atoms with Gasteiger partial charge in [-0.25, -0.2) is 18.7 Å². The Morgan fingerprint density at radius 2 is 1.94 bits per heavy atom. The Labute approximate surface area is 182 Å². The van der Waals surface area contributed by atoms with Crippen LogP contribution in [0.4, 0.5) is 14.6 Å². The van der Waals surface area contributed by atoms with Gasteiger partial charge in [0, 0.05) is 35.5 Å². The van der Waals surface area contributed by atoms with Gasteiger partial charge in [-0.2, -0.15) is 0 Å². The van der Waals surface area contributed by atoms with E-state index in [9.17, 15) is 13.6 Å². The Bertz CT molecular complexity index is 1160. The van der Waals surface area contributed by atoms with Gasteiger partial charge in [0.15, 0.2) is 17.5 Å². The van der Waals surface area contributed by atoms with Crippen LogP contribution in [0.1, 0.15) is 25.7 Å². The van der Waals surface area contributed by atoms with Crippen LogP contribution in [0.3, 0.4) is 0 Å². The van der Waals surface area contributed by atoms with Crippen molar-refractivity contribution < 1.29 is 18.3 Å². The summed E-state index contributed by atoms with van der Waals surface area (Å²) in [5.74, 6) is -1.94.